The zero-order valence-electron chi connectivity index (χ0n) is 14.8. The third-order valence-corrected chi connectivity index (χ3v) is 5.40. The van der Waals surface area contributed by atoms with Gasteiger partial charge in [-0.05, 0) is 62.9 Å². The molecule has 1 aromatic rings. The summed E-state index contributed by atoms with van der Waals surface area (Å²) in [7, 11) is 4.07. The van der Waals surface area contributed by atoms with Crippen molar-refractivity contribution in [3.8, 4) is 0 Å². The van der Waals surface area contributed by atoms with Gasteiger partial charge in [-0.1, -0.05) is 12.1 Å². The lowest BCUT2D eigenvalue weighted by Crippen LogP contribution is -2.45. The molecule has 0 aliphatic carbocycles. The maximum absolute atomic E-state index is 13.0. The van der Waals surface area contributed by atoms with Gasteiger partial charge < -0.3 is 15.1 Å². The minimum atomic E-state index is -0.159. The number of rotatable bonds is 4. The third kappa shape index (κ3) is 4.26. The Morgan fingerprint density at radius 1 is 1.25 bits per heavy atom. The van der Waals surface area contributed by atoms with Crippen molar-refractivity contribution in [2.75, 3.05) is 40.3 Å². The second-order valence-corrected chi connectivity index (χ2v) is 7.14. The smallest absolute Gasteiger partial charge is 0.193 e. The van der Waals surface area contributed by atoms with Gasteiger partial charge in [0.1, 0.15) is 5.82 Å². The van der Waals surface area contributed by atoms with Crippen LogP contribution >= 0.6 is 0 Å². The Morgan fingerprint density at radius 3 is 2.71 bits per heavy atom. The van der Waals surface area contributed by atoms with Crippen molar-refractivity contribution in [1.29, 1.82) is 0 Å². The Morgan fingerprint density at radius 2 is 2.04 bits per heavy atom. The monoisotopic (exact) mass is 332 g/mol. The maximum Gasteiger partial charge on any atom is 0.193 e. The van der Waals surface area contributed by atoms with Gasteiger partial charge in [0, 0.05) is 32.7 Å². The van der Waals surface area contributed by atoms with E-state index in [1.54, 1.807) is 12.1 Å². The molecule has 24 heavy (non-hydrogen) atoms. The summed E-state index contributed by atoms with van der Waals surface area (Å²) in [6.07, 6.45) is 4.75. The zero-order chi connectivity index (χ0) is 16.9. The Hall–Kier alpha value is -1.62. The molecule has 0 aromatic heterocycles. The van der Waals surface area contributed by atoms with Gasteiger partial charge >= 0.3 is 0 Å². The first-order valence-corrected chi connectivity index (χ1v) is 9.06. The van der Waals surface area contributed by atoms with E-state index in [4.69, 9.17) is 0 Å². The van der Waals surface area contributed by atoms with Crippen molar-refractivity contribution < 1.29 is 4.39 Å². The lowest BCUT2D eigenvalue weighted by molar-refractivity contribution is 0.306. The number of nitrogens with one attached hydrogen (secondary N) is 1. The first kappa shape index (κ1) is 17.2. The maximum atomic E-state index is 13.0. The predicted octanol–water partition coefficient (Wildman–Crippen LogP) is 2.36. The number of hydrogen-bond donors (Lipinski definition) is 1. The van der Waals surface area contributed by atoms with E-state index in [0.717, 1.165) is 32.0 Å². The predicted molar refractivity (Wildman–Crippen MR) is 96.8 cm³/mol. The highest BCUT2D eigenvalue weighted by Crippen LogP contribution is 2.21. The van der Waals surface area contributed by atoms with Crippen molar-refractivity contribution in [3.63, 3.8) is 0 Å². The first-order valence-electron chi connectivity index (χ1n) is 9.06. The molecule has 3 rings (SSSR count). The molecule has 1 aromatic carbocycles. The van der Waals surface area contributed by atoms with Gasteiger partial charge in [-0.2, -0.15) is 0 Å². The number of likely N-dealkylation sites (tertiary alicyclic amines) is 2. The average molecular weight is 332 g/mol. The zero-order valence-corrected chi connectivity index (χ0v) is 14.8. The summed E-state index contributed by atoms with van der Waals surface area (Å²) in [6, 6.07) is 7.54. The van der Waals surface area contributed by atoms with Crippen molar-refractivity contribution in [3.05, 3.63) is 35.6 Å². The SMILES string of the molecule is CN=C(NCC1CCCN1C)N1CCC(Cc2ccc(F)cc2)C1. The van der Waals surface area contributed by atoms with Crippen LogP contribution in [0.1, 0.15) is 24.8 Å². The summed E-state index contributed by atoms with van der Waals surface area (Å²) in [5, 5.41) is 3.56. The molecule has 2 atom stereocenters. The summed E-state index contributed by atoms with van der Waals surface area (Å²) < 4.78 is 13.0. The van der Waals surface area contributed by atoms with Crippen molar-refractivity contribution >= 4 is 5.96 Å². The Labute approximate surface area is 144 Å². The van der Waals surface area contributed by atoms with Crippen LogP contribution in [0.3, 0.4) is 0 Å². The molecule has 1 N–H and O–H groups in total. The van der Waals surface area contributed by atoms with Gasteiger partial charge in [-0.15, -0.1) is 0 Å². The molecular formula is C19H29FN4. The molecule has 2 saturated heterocycles. The first-order chi connectivity index (χ1) is 11.7. The quantitative estimate of drug-likeness (QED) is 0.678. The molecule has 0 radical (unpaired) electrons. The van der Waals surface area contributed by atoms with Gasteiger partial charge in [0.2, 0.25) is 0 Å². The highest BCUT2D eigenvalue weighted by atomic mass is 19.1. The largest absolute Gasteiger partial charge is 0.355 e. The second kappa shape index (κ2) is 7.97. The van der Waals surface area contributed by atoms with Crippen LogP contribution in [0.5, 0.6) is 0 Å². The molecule has 2 fully saturated rings. The van der Waals surface area contributed by atoms with Crippen molar-refractivity contribution in [2.24, 2.45) is 10.9 Å². The van der Waals surface area contributed by atoms with E-state index in [1.807, 2.05) is 19.2 Å². The normalized spacial score (nSPS) is 25.5. The molecule has 2 aliphatic rings. The van der Waals surface area contributed by atoms with Crippen LogP contribution in [0.2, 0.25) is 0 Å². The fourth-order valence-corrected chi connectivity index (χ4v) is 3.92. The standard InChI is InChI=1S/C19H29FN4/c1-21-19(22-13-18-4-3-10-23(18)2)24-11-9-16(14-24)12-15-5-7-17(20)8-6-15/h5-8,16,18H,3-4,9-14H2,1-2H3,(H,21,22). The van der Waals surface area contributed by atoms with Gasteiger partial charge in [0.25, 0.3) is 0 Å². The fraction of sp³-hybridized carbons (Fsp3) is 0.632. The molecule has 4 nitrogen and oxygen atoms in total. The molecule has 5 heteroatoms. The number of benzene rings is 1. The molecule has 0 saturated carbocycles. The van der Waals surface area contributed by atoms with E-state index in [-0.39, 0.29) is 5.82 Å². The van der Waals surface area contributed by atoms with Crippen LogP contribution in [0.4, 0.5) is 4.39 Å². The van der Waals surface area contributed by atoms with Crippen LogP contribution in [-0.4, -0.2) is 62.1 Å². The molecule has 2 unspecified atom stereocenters. The lowest BCUT2D eigenvalue weighted by atomic mass is 9.99. The van der Waals surface area contributed by atoms with E-state index < -0.39 is 0 Å². The van der Waals surface area contributed by atoms with E-state index in [0.29, 0.717) is 12.0 Å². The highest BCUT2D eigenvalue weighted by molar-refractivity contribution is 5.80. The Balaban J connectivity index is 1.48. The van der Waals surface area contributed by atoms with Crippen molar-refractivity contribution in [1.82, 2.24) is 15.1 Å². The van der Waals surface area contributed by atoms with Gasteiger partial charge in [-0.25, -0.2) is 4.39 Å². The highest BCUT2D eigenvalue weighted by Gasteiger charge is 2.26. The van der Waals surface area contributed by atoms with Gasteiger partial charge in [0.15, 0.2) is 5.96 Å². The molecule has 0 spiro atoms. The fourth-order valence-electron chi connectivity index (χ4n) is 3.92. The summed E-state index contributed by atoms with van der Waals surface area (Å²) in [5.74, 6) is 1.48. The van der Waals surface area contributed by atoms with Crippen LogP contribution in [-0.2, 0) is 6.42 Å². The number of hydrogen-bond acceptors (Lipinski definition) is 2. The van der Waals surface area contributed by atoms with Crippen LogP contribution in [0.25, 0.3) is 0 Å². The Bertz CT molecular complexity index is 557. The number of aliphatic imine (C=N–C) groups is 1. The van der Waals surface area contributed by atoms with E-state index in [1.165, 1.54) is 31.4 Å². The van der Waals surface area contributed by atoms with Crippen LogP contribution in [0.15, 0.2) is 29.3 Å². The van der Waals surface area contributed by atoms with Crippen LogP contribution < -0.4 is 5.32 Å². The van der Waals surface area contributed by atoms with E-state index >= 15 is 0 Å². The molecule has 2 aliphatic heterocycles. The molecule has 2 heterocycles. The molecule has 0 bridgehead atoms. The number of guanidine groups is 1. The topological polar surface area (TPSA) is 30.9 Å². The number of nitrogens with zero attached hydrogens (tertiary/aromatic N) is 3. The molecular weight excluding hydrogens is 303 g/mol. The summed E-state index contributed by atoms with van der Waals surface area (Å²) in [4.78, 5) is 9.27. The molecule has 132 valence electrons. The number of halogens is 1. The molecule has 0 amide bonds. The van der Waals surface area contributed by atoms with E-state index in [9.17, 15) is 4.39 Å². The van der Waals surface area contributed by atoms with Crippen LogP contribution in [0, 0.1) is 11.7 Å². The third-order valence-electron chi connectivity index (χ3n) is 5.40. The second-order valence-electron chi connectivity index (χ2n) is 7.14. The van der Waals surface area contributed by atoms with Gasteiger partial charge in [0.05, 0.1) is 0 Å². The minimum Gasteiger partial charge on any atom is -0.355 e. The lowest BCUT2D eigenvalue weighted by Gasteiger charge is -2.25. The number of likely N-dealkylation sites (N-methyl/N-ethyl adjacent to an activating group) is 1. The Kier molecular flexibility index (Phi) is 5.72. The summed E-state index contributed by atoms with van der Waals surface area (Å²) >= 11 is 0. The average Bonchev–Trinajstić information content (AvgIpc) is 3.20. The summed E-state index contributed by atoms with van der Waals surface area (Å²) in [6.45, 7) is 4.25. The summed E-state index contributed by atoms with van der Waals surface area (Å²) in [5.41, 5.74) is 1.22. The van der Waals surface area contributed by atoms with Crippen molar-refractivity contribution in [2.45, 2.75) is 31.7 Å². The minimum absolute atomic E-state index is 0.159. The van der Waals surface area contributed by atoms with E-state index in [2.05, 4.69) is 27.2 Å². The van der Waals surface area contributed by atoms with Gasteiger partial charge in [-0.3, -0.25) is 4.99 Å².